The molecule has 7 heteroatoms. The van der Waals surface area contributed by atoms with Gasteiger partial charge in [0.15, 0.2) is 0 Å². The van der Waals surface area contributed by atoms with Crippen LogP contribution >= 0.6 is 0 Å². The molecule has 114 valence electrons. The van der Waals surface area contributed by atoms with Gasteiger partial charge < -0.3 is 24.9 Å². The van der Waals surface area contributed by atoms with Crippen molar-refractivity contribution in [1.29, 1.82) is 0 Å². The third-order valence-corrected chi connectivity index (χ3v) is 2.96. The Labute approximate surface area is 118 Å². The molecule has 1 fully saturated rings. The summed E-state index contributed by atoms with van der Waals surface area (Å²) in [6.07, 6.45) is 0.136. The Bertz CT molecular complexity index is 381. The second kappa shape index (κ2) is 6.58. The molecule has 1 aliphatic heterocycles. The molecule has 0 radical (unpaired) electrons. The number of hydrogen-bond acceptors (Lipinski definition) is 5. The van der Waals surface area contributed by atoms with Gasteiger partial charge in [-0.3, -0.25) is 4.79 Å². The number of rotatable bonds is 3. The van der Waals surface area contributed by atoms with Crippen LogP contribution in [0.25, 0.3) is 0 Å². The Hall–Kier alpha value is -1.79. The van der Waals surface area contributed by atoms with Gasteiger partial charge in [0.25, 0.3) is 0 Å². The van der Waals surface area contributed by atoms with Gasteiger partial charge in [0, 0.05) is 25.0 Å². The molecule has 0 saturated carbocycles. The molecule has 0 aliphatic carbocycles. The summed E-state index contributed by atoms with van der Waals surface area (Å²) in [5, 5.41) is 13.1. The third kappa shape index (κ3) is 5.46. The highest BCUT2D eigenvalue weighted by atomic mass is 16.6. The maximum atomic E-state index is 11.8. The van der Waals surface area contributed by atoms with Crippen LogP contribution in [0.1, 0.15) is 33.6 Å². The summed E-state index contributed by atoms with van der Waals surface area (Å²) in [6, 6.07) is 0. The summed E-state index contributed by atoms with van der Waals surface area (Å²) in [6.45, 7) is 5.79. The quantitative estimate of drug-likeness (QED) is 0.753. The first-order chi connectivity index (χ1) is 9.19. The Kier molecular flexibility index (Phi) is 5.35. The van der Waals surface area contributed by atoms with Crippen molar-refractivity contribution in [2.75, 3.05) is 19.6 Å². The molecule has 0 bridgehead atoms. The largest absolute Gasteiger partial charge is 0.550 e. The average molecular weight is 285 g/mol. The van der Waals surface area contributed by atoms with E-state index in [1.54, 1.807) is 20.8 Å². The number of carboxylic acids is 1. The van der Waals surface area contributed by atoms with Crippen molar-refractivity contribution in [2.45, 2.75) is 39.2 Å². The van der Waals surface area contributed by atoms with E-state index in [9.17, 15) is 19.5 Å². The zero-order chi connectivity index (χ0) is 15.3. The van der Waals surface area contributed by atoms with Crippen LogP contribution in [0.2, 0.25) is 0 Å². The SMILES string of the molecule is CC(C)(C)OC(=O)NCC(=O)N1CCC(C(=O)[O-])CC1. The predicted octanol–water partition coefficient (Wildman–Crippen LogP) is -0.500. The molecule has 0 aromatic heterocycles. The Morgan fingerprint density at radius 1 is 1.25 bits per heavy atom. The zero-order valence-electron chi connectivity index (χ0n) is 12.1. The smallest absolute Gasteiger partial charge is 0.408 e. The topological polar surface area (TPSA) is 98.8 Å². The molecule has 0 aromatic carbocycles. The highest BCUT2D eigenvalue weighted by molar-refractivity contribution is 5.82. The van der Waals surface area contributed by atoms with Crippen LogP contribution in [0.5, 0.6) is 0 Å². The van der Waals surface area contributed by atoms with Gasteiger partial charge in [0.05, 0.1) is 0 Å². The average Bonchev–Trinajstić information content (AvgIpc) is 2.34. The molecule has 7 nitrogen and oxygen atoms in total. The summed E-state index contributed by atoms with van der Waals surface area (Å²) < 4.78 is 5.02. The number of carbonyl (C=O) groups excluding carboxylic acids is 3. The summed E-state index contributed by atoms with van der Waals surface area (Å²) >= 11 is 0. The molecule has 1 N–H and O–H groups in total. The maximum Gasteiger partial charge on any atom is 0.408 e. The highest BCUT2D eigenvalue weighted by Gasteiger charge is 2.24. The lowest BCUT2D eigenvalue weighted by atomic mass is 9.97. The highest BCUT2D eigenvalue weighted by Crippen LogP contribution is 2.16. The van der Waals surface area contributed by atoms with Crippen LogP contribution in [-0.2, 0) is 14.3 Å². The number of nitrogens with zero attached hydrogens (tertiary/aromatic N) is 1. The fourth-order valence-corrected chi connectivity index (χ4v) is 1.94. The first-order valence-corrected chi connectivity index (χ1v) is 6.64. The normalized spacial score (nSPS) is 16.6. The van der Waals surface area contributed by atoms with Crippen LogP contribution in [0.15, 0.2) is 0 Å². The Balaban J connectivity index is 2.31. The van der Waals surface area contributed by atoms with Crippen LogP contribution in [0, 0.1) is 5.92 Å². The van der Waals surface area contributed by atoms with Gasteiger partial charge in [-0.1, -0.05) is 0 Å². The number of likely N-dealkylation sites (tertiary alicyclic amines) is 1. The van der Waals surface area contributed by atoms with Gasteiger partial charge in [0.1, 0.15) is 12.1 Å². The third-order valence-electron chi connectivity index (χ3n) is 2.96. The second-order valence-electron chi connectivity index (χ2n) is 5.83. The minimum atomic E-state index is -1.07. The molecule has 0 spiro atoms. The molecular weight excluding hydrogens is 264 g/mol. The van der Waals surface area contributed by atoms with Crippen LogP contribution in [0.4, 0.5) is 4.79 Å². The minimum Gasteiger partial charge on any atom is -0.550 e. The Morgan fingerprint density at radius 2 is 1.80 bits per heavy atom. The van der Waals surface area contributed by atoms with Gasteiger partial charge >= 0.3 is 6.09 Å². The fourth-order valence-electron chi connectivity index (χ4n) is 1.94. The van der Waals surface area contributed by atoms with Crippen LogP contribution in [-0.4, -0.2) is 48.1 Å². The van der Waals surface area contributed by atoms with E-state index in [4.69, 9.17) is 4.74 Å². The van der Waals surface area contributed by atoms with E-state index in [0.717, 1.165) is 0 Å². The number of ether oxygens (including phenoxy) is 1. The number of alkyl carbamates (subject to hydrolysis) is 1. The Morgan fingerprint density at radius 3 is 2.25 bits per heavy atom. The molecule has 1 heterocycles. The van der Waals surface area contributed by atoms with E-state index in [1.165, 1.54) is 4.90 Å². The van der Waals surface area contributed by atoms with Crippen molar-refractivity contribution in [2.24, 2.45) is 5.92 Å². The van der Waals surface area contributed by atoms with Gasteiger partial charge in [-0.15, -0.1) is 0 Å². The standard InChI is InChI=1S/C13H22N2O5/c1-13(2,3)20-12(19)14-8-10(16)15-6-4-9(5-7-15)11(17)18/h9H,4-8H2,1-3H3,(H,14,19)(H,17,18)/p-1. The number of hydrogen-bond donors (Lipinski definition) is 1. The summed E-state index contributed by atoms with van der Waals surface area (Å²) in [5.74, 6) is -1.80. The van der Waals surface area contributed by atoms with Crippen molar-refractivity contribution in [3.8, 4) is 0 Å². The van der Waals surface area contributed by atoms with Gasteiger partial charge in [-0.25, -0.2) is 4.79 Å². The number of piperidine rings is 1. The number of nitrogens with one attached hydrogen (secondary N) is 1. The predicted molar refractivity (Wildman–Crippen MR) is 68.5 cm³/mol. The lowest BCUT2D eigenvalue weighted by Crippen LogP contribution is -2.47. The van der Waals surface area contributed by atoms with E-state index < -0.39 is 23.6 Å². The van der Waals surface area contributed by atoms with E-state index in [0.29, 0.717) is 25.9 Å². The summed E-state index contributed by atoms with van der Waals surface area (Å²) in [7, 11) is 0. The lowest BCUT2D eigenvalue weighted by molar-refractivity contribution is -0.312. The van der Waals surface area contributed by atoms with Gasteiger partial charge in [0.2, 0.25) is 5.91 Å². The minimum absolute atomic E-state index is 0.148. The van der Waals surface area contributed by atoms with Crippen LogP contribution in [0.3, 0.4) is 0 Å². The first kappa shape index (κ1) is 16.3. The molecule has 1 aliphatic rings. The fraction of sp³-hybridized carbons (Fsp3) is 0.769. The molecule has 0 atom stereocenters. The van der Waals surface area contributed by atoms with E-state index in [-0.39, 0.29) is 12.5 Å². The second-order valence-corrected chi connectivity index (χ2v) is 5.83. The number of aliphatic carboxylic acids is 1. The van der Waals surface area contributed by atoms with Crippen molar-refractivity contribution in [3.63, 3.8) is 0 Å². The molecule has 20 heavy (non-hydrogen) atoms. The van der Waals surface area contributed by atoms with Crippen LogP contribution < -0.4 is 10.4 Å². The van der Waals surface area contributed by atoms with Crippen molar-refractivity contribution >= 4 is 18.0 Å². The monoisotopic (exact) mass is 285 g/mol. The number of carbonyl (C=O) groups is 3. The molecule has 0 unspecified atom stereocenters. The van der Waals surface area contributed by atoms with Gasteiger partial charge in [-0.05, 0) is 33.6 Å². The molecule has 2 amide bonds. The van der Waals surface area contributed by atoms with Crippen molar-refractivity contribution in [3.05, 3.63) is 0 Å². The molecular formula is C13H21N2O5-. The first-order valence-electron chi connectivity index (χ1n) is 6.64. The molecule has 1 saturated heterocycles. The number of amides is 2. The molecule has 0 aromatic rings. The maximum absolute atomic E-state index is 11.8. The van der Waals surface area contributed by atoms with Gasteiger partial charge in [-0.2, -0.15) is 0 Å². The number of carboxylic acid groups (broad SMARTS) is 1. The zero-order valence-corrected chi connectivity index (χ0v) is 12.1. The summed E-state index contributed by atoms with van der Waals surface area (Å²) in [4.78, 5) is 35.5. The van der Waals surface area contributed by atoms with E-state index in [2.05, 4.69) is 5.32 Å². The van der Waals surface area contributed by atoms with E-state index >= 15 is 0 Å². The van der Waals surface area contributed by atoms with Crippen molar-refractivity contribution < 1.29 is 24.2 Å². The lowest BCUT2D eigenvalue weighted by Gasteiger charge is -2.32. The van der Waals surface area contributed by atoms with E-state index in [1.807, 2.05) is 0 Å². The van der Waals surface area contributed by atoms with Crippen molar-refractivity contribution in [1.82, 2.24) is 10.2 Å². The molecule has 1 rings (SSSR count). The summed E-state index contributed by atoms with van der Waals surface area (Å²) in [5.41, 5.74) is -0.611.